The van der Waals surface area contributed by atoms with Gasteiger partial charge in [-0.3, -0.25) is 0 Å². The number of hydrogen-bond donors (Lipinski definition) is 2. The van der Waals surface area contributed by atoms with E-state index in [4.69, 9.17) is 4.98 Å². The molecule has 2 atom stereocenters. The summed E-state index contributed by atoms with van der Waals surface area (Å²) in [5, 5.41) is 6.72. The Morgan fingerprint density at radius 2 is 2.04 bits per heavy atom. The summed E-state index contributed by atoms with van der Waals surface area (Å²) in [5.74, 6) is 2.01. The molecule has 2 N–H and O–H groups in total. The average Bonchev–Trinajstić information content (AvgIpc) is 2.75. The third-order valence-electron chi connectivity index (χ3n) is 5.03. The zero-order valence-electron chi connectivity index (χ0n) is 13.7. The number of nitrogens with one attached hydrogen (secondary N) is 2. The standard InChI is InChI=1S/C15H24N6O2S/c22-24(23)10-12-13(11-24)21(9-6-17-12)14-2-4-18-15(19-14)20-7-1-3-16-5-8-20/h2,4,12-13,16-17H,1,3,5-11H2/t12-,13+/m0/s1. The van der Waals surface area contributed by atoms with Gasteiger partial charge in [-0.05, 0) is 19.0 Å². The molecule has 8 nitrogen and oxygen atoms in total. The van der Waals surface area contributed by atoms with Gasteiger partial charge in [0.1, 0.15) is 5.82 Å². The minimum Gasteiger partial charge on any atom is -0.350 e. The number of nitrogens with zero attached hydrogens (tertiary/aromatic N) is 4. The van der Waals surface area contributed by atoms with Gasteiger partial charge in [-0.15, -0.1) is 0 Å². The summed E-state index contributed by atoms with van der Waals surface area (Å²) in [4.78, 5) is 13.5. The second kappa shape index (κ2) is 6.45. The van der Waals surface area contributed by atoms with Crippen LogP contribution in [0.1, 0.15) is 6.42 Å². The molecule has 1 aromatic heterocycles. The van der Waals surface area contributed by atoms with Crippen molar-refractivity contribution in [2.24, 2.45) is 0 Å². The van der Waals surface area contributed by atoms with Crippen molar-refractivity contribution in [3.8, 4) is 0 Å². The van der Waals surface area contributed by atoms with E-state index < -0.39 is 9.84 Å². The van der Waals surface area contributed by atoms with E-state index in [1.807, 2.05) is 6.07 Å². The molecule has 3 fully saturated rings. The average molecular weight is 352 g/mol. The van der Waals surface area contributed by atoms with Crippen LogP contribution in [0.3, 0.4) is 0 Å². The Bertz CT molecular complexity index is 689. The lowest BCUT2D eigenvalue weighted by atomic mass is 10.1. The fourth-order valence-electron chi connectivity index (χ4n) is 3.85. The van der Waals surface area contributed by atoms with Crippen molar-refractivity contribution in [1.82, 2.24) is 20.6 Å². The molecule has 24 heavy (non-hydrogen) atoms. The largest absolute Gasteiger partial charge is 0.350 e. The van der Waals surface area contributed by atoms with Gasteiger partial charge in [-0.25, -0.2) is 13.4 Å². The minimum atomic E-state index is -2.97. The molecule has 3 aliphatic heterocycles. The predicted octanol–water partition coefficient (Wildman–Crippen LogP) is -1.15. The highest BCUT2D eigenvalue weighted by Crippen LogP contribution is 2.26. The SMILES string of the molecule is O=S1(=O)C[C@@H]2NCCN(c3ccnc(N4CCCNCC4)n3)[C@@H]2C1. The van der Waals surface area contributed by atoms with E-state index in [9.17, 15) is 8.42 Å². The van der Waals surface area contributed by atoms with Crippen LogP contribution in [0, 0.1) is 0 Å². The van der Waals surface area contributed by atoms with Gasteiger partial charge in [0.15, 0.2) is 9.84 Å². The summed E-state index contributed by atoms with van der Waals surface area (Å²) in [6, 6.07) is 1.87. The number of hydrogen-bond acceptors (Lipinski definition) is 8. The van der Waals surface area contributed by atoms with Crippen molar-refractivity contribution in [2.45, 2.75) is 18.5 Å². The second-order valence-electron chi connectivity index (χ2n) is 6.70. The van der Waals surface area contributed by atoms with E-state index in [0.717, 1.165) is 57.5 Å². The fourth-order valence-corrected chi connectivity index (χ4v) is 5.80. The first-order chi connectivity index (χ1) is 11.6. The molecule has 4 heterocycles. The van der Waals surface area contributed by atoms with Crippen molar-refractivity contribution < 1.29 is 8.42 Å². The molecular weight excluding hydrogens is 328 g/mol. The molecule has 0 bridgehead atoms. The van der Waals surface area contributed by atoms with Gasteiger partial charge in [0.25, 0.3) is 0 Å². The minimum absolute atomic E-state index is 0.00421. The fraction of sp³-hybridized carbons (Fsp3) is 0.733. The molecule has 1 aromatic rings. The first-order valence-electron chi connectivity index (χ1n) is 8.61. The number of anilines is 2. The van der Waals surface area contributed by atoms with E-state index in [1.165, 1.54) is 0 Å². The summed E-state index contributed by atoms with van der Waals surface area (Å²) in [6.45, 7) is 5.35. The van der Waals surface area contributed by atoms with Crippen molar-refractivity contribution >= 4 is 21.6 Å². The quantitative estimate of drug-likeness (QED) is 0.690. The van der Waals surface area contributed by atoms with Crippen molar-refractivity contribution in [3.63, 3.8) is 0 Å². The highest BCUT2D eigenvalue weighted by molar-refractivity contribution is 7.91. The number of fused-ring (bicyclic) bond motifs is 1. The molecule has 3 saturated heterocycles. The molecule has 132 valence electrons. The van der Waals surface area contributed by atoms with Gasteiger partial charge >= 0.3 is 0 Å². The molecule has 0 saturated carbocycles. The molecule has 0 amide bonds. The topological polar surface area (TPSA) is 90.5 Å². The van der Waals surface area contributed by atoms with Crippen LogP contribution in [0.25, 0.3) is 0 Å². The van der Waals surface area contributed by atoms with Crippen LogP contribution in [0.5, 0.6) is 0 Å². The van der Waals surface area contributed by atoms with Crippen LogP contribution in [-0.2, 0) is 9.84 Å². The van der Waals surface area contributed by atoms with Crippen LogP contribution in [0.4, 0.5) is 11.8 Å². The molecule has 0 aliphatic carbocycles. The maximum Gasteiger partial charge on any atom is 0.227 e. The summed E-state index contributed by atoms with van der Waals surface area (Å²) >= 11 is 0. The van der Waals surface area contributed by atoms with Gasteiger partial charge in [0, 0.05) is 45.0 Å². The van der Waals surface area contributed by atoms with Crippen LogP contribution in [0.2, 0.25) is 0 Å². The Morgan fingerprint density at radius 3 is 2.96 bits per heavy atom. The van der Waals surface area contributed by atoms with Crippen LogP contribution in [-0.4, -0.2) is 81.2 Å². The van der Waals surface area contributed by atoms with E-state index in [0.29, 0.717) is 0 Å². The third kappa shape index (κ3) is 3.20. The molecule has 0 spiro atoms. The molecule has 9 heteroatoms. The van der Waals surface area contributed by atoms with E-state index in [1.54, 1.807) is 6.20 Å². The van der Waals surface area contributed by atoms with Gasteiger partial charge in [0.2, 0.25) is 5.95 Å². The predicted molar refractivity (Wildman–Crippen MR) is 93.3 cm³/mol. The highest BCUT2D eigenvalue weighted by Gasteiger charge is 2.43. The molecular formula is C15H24N6O2S. The molecule has 0 aromatic carbocycles. The smallest absolute Gasteiger partial charge is 0.227 e. The monoisotopic (exact) mass is 352 g/mol. The van der Waals surface area contributed by atoms with Crippen molar-refractivity contribution in [2.75, 3.05) is 60.6 Å². The molecule has 0 unspecified atom stereocenters. The van der Waals surface area contributed by atoms with Crippen molar-refractivity contribution in [1.29, 1.82) is 0 Å². The van der Waals surface area contributed by atoms with Crippen LogP contribution in [0.15, 0.2) is 12.3 Å². The normalized spacial score (nSPS) is 30.0. The molecule has 3 aliphatic rings. The number of sulfone groups is 1. The van der Waals surface area contributed by atoms with Crippen LogP contribution < -0.4 is 20.4 Å². The van der Waals surface area contributed by atoms with Gasteiger partial charge in [-0.2, -0.15) is 4.98 Å². The van der Waals surface area contributed by atoms with Gasteiger partial charge in [-0.1, -0.05) is 0 Å². The number of piperazine rings is 1. The van der Waals surface area contributed by atoms with Gasteiger partial charge < -0.3 is 20.4 Å². The second-order valence-corrected chi connectivity index (χ2v) is 8.86. The van der Waals surface area contributed by atoms with Crippen LogP contribution >= 0.6 is 0 Å². The maximum absolute atomic E-state index is 12.0. The third-order valence-corrected chi connectivity index (χ3v) is 6.74. The lowest BCUT2D eigenvalue weighted by molar-refractivity contribution is 0.422. The Balaban J connectivity index is 1.58. The summed E-state index contributed by atoms with van der Waals surface area (Å²) < 4.78 is 24.0. The number of aromatic nitrogens is 2. The van der Waals surface area contributed by atoms with E-state index >= 15 is 0 Å². The van der Waals surface area contributed by atoms with Crippen molar-refractivity contribution in [3.05, 3.63) is 12.3 Å². The molecule has 4 rings (SSSR count). The van der Waals surface area contributed by atoms with E-state index in [-0.39, 0.29) is 23.6 Å². The van der Waals surface area contributed by atoms with Gasteiger partial charge in [0.05, 0.1) is 17.5 Å². The Hall–Kier alpha value is -1.45. The lowest BCUT2D eigenvalue weighted by Gasteiger charge is -2.38. The maximum atomic E-state index is 12.0. The summed E-state index contributed by atoms with van der Waals surface area (Å²) in [7, 11) is -2.97. The zero-order chi connectivity index (χ0) is 16.6. The highest BCUT2D eigenvalue weighted by atomic mass is 32.2. The number of rotatable bonds is 2. The Labute approximate surface area is 142 Å². The Morgan fingerprint density at radius 1 is 1.12 bits per heavy atom. The summed E-state index contributed by atoms with van der Waals surface area (Å²) in [6.07, 6.45) is 2.86. The lowest BCUT2D eigenvalue weighted by Crippen LogP contribution is -2.57. The first-order valence-corrected chi connectivity index (χ1v) is 10.4. The molecule has 0 radical (unpaired) electrons. The Kier molecular flexibility index (Phi) is 4.31. The first kappa shape index (κ1) is 16.0. The zero-order valence-corrected chi connectivity index (χ0v) is 14.5. The summed E-state index contributed by atoms with van der Waals surface area (Å²) in [5.41, 5.74) is 0. The van der Waals surface area contributed by atoms with E-state index in [2.05, 4.69) is 25.4 Å².